The zero-order valence-corrected chi connectivity index (χ0v) is 22.8. The van der Waals surface area contributed by atoms with Crippen LogP contribution in [0.5, 0.6) is 0 Å². The Bertz CT molecular complexity index is 1140. The van der Waals surface area contributed by atoms with Gasteiger partial charge in [-0.05, 0) is 81.1 Å². The van der Waals surface area contributed by atoms with Gasteiger partial charge in [-0.25, -0.2) is 14.8 Å². The summed E-state index contributed by atoms with van der Waals surface area (Å²) in [5, 5.41) is 6.97. The molecule has 2 saturated heterocycles. The van der Waals surface area contributed by atoms with E-state index in [0.29, 0.717) is 24.7 Å². The number of nitrogens with two attached hydrogens (primary N) is 1. The normalized spacial score (nSPS) is 17.6. The van der Waals surface area contributed by atoms with E-state index in [1.165, 1.54) is 0 Å². The van der Waals surface area contributed by atoms with Gasteiger partial charge in [0.1, 0.15) is 18.7 Å². The number of hydrogen-bond donors (Lipinski definition) is 2. The molecule has 2 aliphatic heterocycles. The monoisotopic (exact) mass is 537 g/mol. The average Bonchev–Trinajstić information content (AvgIpc) is 2.93. The van der Waals surface area contributed by atoms with Crippen molar-refractivity contribution in [3.63, 3.8) is 0 Å². The highest BCUT2D eigenvalue weighted by atomic mass is 16.6. The fourth-order valence-electron chi connectivity index (χ4n) is 5.38. The molecule has 0 aromatic carbocycles. The lowest BCUT2D eigenvalue weighted by Crippen LogP contribution is -2.46. The molecule has 0 atom stereocenters. The quantitative estimate of drug-likeness (QED) is 0.367. The molecule has 0 bridgehead atoms. The van der Waals surface area contributed by atoms with Crippen molar-refractivity contribution in [2.24, 2.45) is 17.0 Å². The Morgan fingerprint density at radius 1 is 1.03 bits per heavy atom. The molecule has 0 aliphatic carbocycles. The number of carbonyl (C=O) groups excluding carboxylic acids is 2. The van der Waals surface area contributed by atoms with Crippen LogP contribution in [0.4, 0.5) is 16.4 Å². The summed E-state index contributed by atoms with van der Waals surface area (Å²) in [4.78, 5) is 42.9. The van der Waals surface area contributed by atoms with Crippen LogP contribution in [-0.4, -0.2) is 77.4 Å². The van der Waals surface area contributed by atoms with Gasteiger partial charge in [-0.1, -0.05) is 5.16 Å². The molecule has 2 amide bonds. The number of hydrogen-bond acceptors (Lipinski definition) is 9. The van der Waals surface area contributed by atoms with E-state index in [4.69, 9.17) is 15.3 Å². The van der Waals surface area contributed by atoms with E-state index in [1.807, 2.05) is 29.2 Å². The minimum absolute atomic E-state index is 0.0783. The van der Waals surface area contributed by atoms with Gasteiger partial charge in [0.2, 0.25) is 5.91 Å². The SMILES string of the molecule is CCOC(=O)Nc1cc(C/C(=N\OC)C2CCN(C(=O)C3CCN(Cc4ccnc(N)c4)CC3)CC2)ccn1. The first-order valence-corrected chi connectivity index (χ1v) is 13.6. The molecule has 39 heavy (non-hydrogen) atoms. The number of aromatic nitrogens is 2. The summed E-state index contributed by atoms with van der Waals surface area (Å²) in [6.45, 7) is 6.11. The zero-order valence-electron chi connectivity index (χ0n) is 22.8. The minimum Gasteiger partial charge on any atom is -0.450 e. The number of rotatable bonds is 9. The standard InChI is InChI=1S/C28H39N7O4/c1-3-39-28(37)32-26-18-20(4-11-31-26)16-24(33-38-2)22-8-14-35(15-9-22)27(36)23-6-12-34(13-7-23)19-21-5-10-30-25(29)17-21/h4-5,10-11,17-18,22-23H,3,6-9,12-16,19H2,1-2H3,(H2,29,30)(H,31,32,37)/b33-24+. The van der Waals surface area contributed by atoms with Crippen molar-refractivity contribution in [2.45, 2.75) is 45.6 Å². The number of likely N-dealkylation sites (tertiary alicyclic amines) is 2. The van der Waals surface area contributed by atoms with Crippen LogP contribution in [-0.2, 0) is 27.3 Å². The predicted molar refractivity (Wildman–Crippen MR) is 149 cm³/mol. The average molecular weight is 538 g/mol. The molecule has 0 saturated carbocycles. The Morgan fingerprint density at radius 3 is 2.41 bits per heavy atom. The number of piperidine rings is 2. The highest BCUT2D eigenvalue weighted by Gasteiger charge is 2.32. The summed E-state index contributed by atoms with van der Waals surface area (Å²) in [6, 6.07) is 7.62. The first-order valence-electron chi connectivity index (χ1n) is 13.6. The number of anilines is 2. The summed E-state index contributed by atoms with van der Waals surface area (Å²) < 4.78 is 4.93. The largest absolute Gasteiger partial charge is 0.450 e. The van der Waals surface area contributed by atoms with E-state index in [-0.39, 0.29) is 17.7 Å². The van der Waals surface area contributed by atoms with E-state index >= 15 is 0 Å². The van der Waals surface area contributed by atoms with Crippen molar-refractivity contribution in [3.8, 4) is 0 Å². The van der Waals surface area contributed by atoms with Crippen LogP contribution in [0.25, 0.3) is 0 Å². The zero-order chi connectivity index (χ0) is 27.6. The Labute approximate surface area is 229 Å². The lowest BCUT2D eigenvalue weighted by atomic mass is 9.87. The van der Waals surface area contributed by atoms with Crippen LogP contribution >= 0.6 is 0 Å². The molecule has 3 N–H and O–H groups in total. The third-order valence-electron chi connectivity index (χ3n) is 7.39. The van der Waals surface area contributed by atoms with Crippen molar-refractivity contribution in [1.29, 1.82) is 0 Å². The van der Waals surface area contributed by atoms with E-state index in [2.05, 4.69) is 25.3 Å². The van der Waals surface area contributed by atoms with Crippen molar-refractivity contribution in [1.82, 2.24) is 19.8 Å². The maximum atomic E-state index is 13.3. The first-order chi connectivity index (χ1) is 18.9. The molecule has 0 spiro atoms. The number of pyridine rings is 2. The summed E-state index contributed by atoms with van der Waals surface area (Å²) in [7, 11) is 1.55. The smallest absolute Gasteiger partial charge is 0.412 e. The molecule has 210 valence electrons. The number of ether oxygens (including phenoxy) is 1. The highest BCUT2D eigenvalue weighted by Crippen LogP contribution is 2.26. The van der Waals surface area contributed by atoms with E-state index < -0.39 is 6.09 Å². The second-order valence-electron chi connectivity index (χ2n) is 10.1. The van der Waals surface area contributed by atoms with Crippen molar-refractivity contribution >= 4 is 29.3 Å². The van der Waals surface area contributed by atoms with Crippen LogP contribution in [0, 0.1) is 11.8 Å². The number of nitrogens with one attached hydrogen (secondary N) is 1. The van der Waals surface area contributed by atoms with Gasteiger partial charge in [0.05, 0.1) is 12.3 Å². The third kappa shape index (κ3) is 8.13. The molecule has 11 nitrogen and oxygen atoms in total. The molecular formula is C28H39N7O4. The van der Waals surface area contributed by atoms with Gasteiger partial charge in [0.15, 0.2) is 0 Å². The fraction of sp³-hybridized carbons (Fsp3) is 0.536. The summed E-state index contributed by atoms with van der Waals surface area (Å²) >= 11 is 0. The van der Waals surface area contributed by atoms with Crippen LogP contribution in [0.2, 0.25) is 0 Å². The molecule has 2 fully saturated rings. The summed E-state index contributed by atoms with van der Waals surface area (Å²) in [6.07, 6.45) is 6.87. The molecule has 4 rings (SSSR count). The molecule has 2 aromatic heterocycles. The number of amides is 2. The third-order valence-corrected chi connectivity index (χ3v) is 7.39. The number of nitrogens with zero attached hydrogens (tertiary/aromatic N) is 5. The Balaban J connectivity index is 1.26. The van der Waals surface area contributed by atoms with Crippen LogP contribution in [0.15, 0.2) is 41.8 Å². The molecule has 2 aliphatic rings. The lowest BCUT2D eigenvalue weighted by molar-refractivity contribution is -0.138. The molecule has 4 heterocycles. The molecule has 0 unspecified atom stereocenters. The predicted octanol–water partition coefficient (Wildman–Crippen LogP) is 3.32. The minimum atomic E-state index is -0.533. The summed E-state index contributed by atoms with van der Waals surface area (Å²) in [5.41, 5.74) is 8.86. The Morgan fingerprint density at radius 2 is 1.72 bits per heavy atom. The summed E-state index contributed by atoms with van der Waals surface area (Å²) in [5.74, 6) is 1.54. The van der Waals surface area contributed by atoms with Crippen molar-refractivity contribution < 1.29 is 19.2 Å². The second-order valence-corrected chi connectivity index (χ2v) is 10.1. The van der Waals surface area contributed by atoms with Crippen LogP contribution in [0.3, 0.4) is 0 Å². The van der Waals surface area contributed by atoms with Gasteiger partial charge in [-0.15, -0.1) is 0 Å². The molecule has 2 aromatic rings. The number of carbonyl (C=O) groups is 2. The lowest BCUT2D eigenvalue weighted by Gasteiger charge is -2.37. The Kier molecular flexibility index (Phi) is 10.1. The van der Waals surface area contributed by atoms with Crippen LogP contribution in [0.1, 0.15) is 43.7 Å². The van der Waals surface area contributed by atoms with E-state index in [0.717, 1.165) is 75.2 Å². The number of oxime groups is 1. The maximum absolute atomic E-state index is 13.3. The second kappa shape index (κ2) is 13.9. The van der Waals surface area contributed by atoms with E-state index in [1.54, 1.807) is 26.4 Å². The van der Waals surface area contributed by atoms with Crippen molar-refractivity contribution in [3.05, 3.63) is 47.8 Å². The van der Waals surface area contributed by atoms with Crippen LogP contribution < -0.4 is 11.1 Å². The number of nitrogen functional groups attached to an aromatic ring is 1. The fourth-order valence-corrected chi connectivity index (χ4v) is 5.38. The van der Waals surface area contributed by atoms with E-state index in [9.17, 15) is 9.59 Å². The molecule has 0 radical (unpaired) electrons. The topological polar surface area (TPSA) is 135 Å². The van der Waals surface area contributed by atoms with Gasteiger partial charge in [0, 0.05) is 50.3 Å². The van der Waals surface area contributed by atoms with Gasteiger partial charge in [-0.3, -0.25) is 15.0 Å². The molecular weight excluding hydrogens is 498 g/mol. The maximum Gasteiger partial charge on any atom is 0.412 e. The van der Waals surface area contributed by atoms with Gasteiger partial charge in [0.25, 0.3) is 0 Å². The Hall–Kier alpha value is -3.73. The van der Waals surface area contributed by atoms with Gasteiger partial charge < -0.3 is 20.2 Å². The highest BCUT2D eigenvalue weighted by molar-refractivity contribution is 5.89. The van der Waals surface area contributed by atoms with Gasteiger partial charge >= 0.3 is 6.09 Å². The van der Waals surface area contributed by atoms with Gasteiger partial charge in [-0.2, -0.15) is 0 Å². The molecule has 11 heteroatoms. The first kappa shape index (κ1) is 28.3. The van der Waals surface area contributed by atoms with Crippen molar-refractivity contribution in [2.75, 3.05) is 50.9 Å².